The van der Waals surface area contributed by atoms with Gasteiger partial charge in [0.15, 0.2) is 0 Å². The summed E-state index contributed by atoms with van der Waals surface area (Å²) in [6.45, 7) is 2.79. The number of halogens is 1. The third kappa shape index (κ3) is 4.09. The molecule has 0 unspecified atom stereocenters. The molecule has 6 heteroatoms. The van der Waals surface area contributed by atoms with Crippen molar-refractivity contribution in [2.45, 2.75) is 20.0 Å². The molecule has 2 N–H and O–H groups in total. The van der Waals surface area contributed by atoms with E-state index in [1.54, 1.807) is 17.9 Å². The lowest BCUT2D eigenvalue weighted by atomic mass is 10.0. The maximum Gasteiger partial charge on any atom is 0.244 e. The molecular weight excluding hydrogens is 319 g/mol. The summed E-state index contributed by atoms with van der Waals surface area (Å²) in [6.07, 6.45) is 1.30. The van der Waals surface area contributed by atoms with E-state index in [1.807, 2.05) is 24.3 Å². The van der Waals surface area contributed by atoms with E-state index in [-0.39, 0.29) is 18.3 Å². The molecule has 0 spiro atoms. The van der Waals surface area contributed by atoms with Crippen molar-refractivity contribution >= 4 is 18.1 Å². The molecule has 1 aliphatic rings. The van der Waals surface area contributed by atoms with Crippen LogP contribution in [0.3, 0.4) is 0 Å². The predicted molar refractivity (Wildman–Crippen MR) is 96.7 cm³/mol. The average molecular weight is 338 g/mol. The molecule has 0 aromatic heterocycles. The van der Waals surface area contributed by atoms with Crippen molar-refractivity contribution in [3.05, 3.63) is 59.4 Å². The molecule has 5 nitrogen and oxygen atoms in total. The van der Waals surface area contributed by atoms with Crippen LogP contribution in [0.5, 0.6) is 0 Å². The van der Waals surface area contributed by atoms with Crippen molar-refractivity contribution in [3.8, 4) is 11.1 Å². The van der Waals surface area contributed by atoms with Gasteiger partial charge in [0.1, 0.15) is 18.7 Å². The number of nitrogens with two attached hydrogens (primary N) is 1. The molecule has 1 heterocycles. The van der Waals surface area contributed by atoms with Crippen LogP contribution in [-0.2, 0) is 17.9 Å². The first kappa shape index (κ1) is 16.8. The van der Waals surface area contributed by atoms with Crippen LogP contribution in [0.2, 0.25) is 0 Å². The number of fused-ring (bicyclic) bond motifs is 1. The fraction of sp³-hybridized carbons (Fsp3) is 0.211. The maximum absolute atomic E-state index is 13.4. The third-order valence-corrected chi connectivity index (χ3v) is 4.01. The predicted octanol–water partition coefficient (Wildman–Crippen LogP) is 2.74. The largest absolute Gasteiger partial charge is 0.387 e. The Morgan fingerprint density at radius 3 is 2.72 bits per heavy atom. The van der Waals surface area contributed by atoms with E-state index < -0.39 is 0 Å². The summed E-state index contributed by atoms with van der Waals surface area (Å²) >= 11 is 0. The SMILES string of the molecule is CC(N)=NC=NCC(=O)N1Cc2ccc(-c3cccc(F)c3)cc2C1. The molecule has 0 bridgehead atoms. The van der Waals surface area contributed by atoms with Crippen LogP contribution in [0.25, 0.3) is 11.1 Å². The molecule has 128 valence electrons. The van der Waals surface area contributed by atoms with Crippen LogP contribution in [0, 0.1) is 5.82 Å². The topological polar surface area (TPSA) is 71.0 Å². The lowest BCUT2D eigenvalue weighted by Gasteiger charge is -2.13. The van der Waals surface area contributed by atoms with Crippen molar-refractivity contribution in [3.63, 3.8) is 0 Å². The van der Waals surface area contributed by atoms with Gasteiger partial charge in [-0.2, -0.15) is 0 Å². The first-order chi connectivity index (χ1) is 12.0. The molecule has 0 saturated heterocycles. The van der Waals surface area contributed by atoms with Gasteiger partial charge in [-0.15, -0.1) is 0 Å². The molecule has 2 aromatic carbocycles. The molecule has 2 aromatic rings. The van der Waals surface area contributed by atoms with Crippen LogP contribution >= 0.6 is 0 Å². The van der Waals surface area contributed by atoms with Gasteiger partial charge < -0.3 is 10.6 Å². The fourth-order valence-corrected chi connectivity index (χ4v) is 2.77. The maximum atomic E-state index is 13.4. The Morgan fingerprint density at radius 1 is 1.20 bits per heavy atom. The van der Waals surface area contributed by atoms with Crippen molar-refractivity contribution in [1.82, 2.24) is 4.90 Å². The molecular formula is C19H19FN4O. The molecule has 0 radical (unpaired) electrons. The number of aliphatic imine (C=N–C) groups is 2. The Balaban J connectivity index is 1.70. The summed E-state index contributed by atoms with van der Waals surface area (Å²) in [6, 6.07) is 12.5. The molecule has 0 fully saturated rings. The van der Waals surface area contributed by atoms with Gasteiger partial charge >= 0.3 is 0 Å². The van der Waals surface area contributed by atoms with E-state index in [2.05, 4.69) is 9.98 Å². The molecule has 0 atom stereocenters. The van der Waals surface area contributed by atoms with Gasteiger partial charge in [-0.1, -0.05) is 24.3 Å². The molecule has 25 heavy (non-hydrogen) atoms. The Labute approximate surface area is 145 Å². The third-order valence-electron chi connectivity index (χ3n) is 4.01. The molecule has 3 rings (SSSR count). The Bertz CT molecular complexity index is 856. The zero-order valence-corrected chi connectivity index (χ0v) is 13.9. The van der Waals surface area contributed by atoms with Crippen molar-refractivity contribution in [2.24, 2.45) is 15.7 Å². The first-order valence-corrected chi connectivity index (χ1v) is 7.96. The van der Waals surface area contributed by atoms with Crippen LogP contribution in [0.15, 0.2) is 52.4 Å². The summed E-state index contributed by atoms with van der Waals surface area (Å²) in [5, 5.41) is 0. The minimum atomic E-state index is -0.261. The molecule has 0 saturated carbocycles. The van der Waals surface area contributed by atoms with E-state index in [0.29, 0.717) is 18.9 Å². The van der Waals surface area contributed by atoms with Gasteiger partial charge in [0.05, 0.1) is 5.84 Å². The second kappa shape index (κ2) is 7.25. The standard InChI is InChI=1S/C19H19FN4O/c1-13(21)23-12-22-9-19(25)24-10-16-6-5-15(7-17(16)11-24)14-3-2-4-18(20)8-14/h2-8,12H,9-11H2,1H3,(H2,21,22,23). The summed E-state index contributed by atoms with van der Waals surface area (Å²) in [7, 11) is 0. The Hall–Kier alpha value is -3.02. The first-order valence-electron chi connectivity index (χ1n) is 7.96. The number of carbonyl (C=O) groups is 1. The number of nitrogens with zero attached hydrogens (tertiary/aromatic N) is 3. The second-order valence-corrected chi connectivity index (χ2v) is 5.97. The zero-order chi connectivity index (χ0) is 17.8. The van der Waals surface area contributed by atoms with Crippen LogP contribution in [0.1, 0.15) is 18.1 Å². The van der Waals surface area contributed by atoms with Gasteiger partial charge in [0, 0.05) is 13.1 Å². The number of benzene rings is 2. The van der Waals surface area contributed by atoms with Gasteiger partial charge in [-0.05, 0) is 47.4 Å². The van der Waals surface area contributed by atoms with E-state index in [1.165, 1.54) is 18.5 Å². The van der Waals surface area contributed by atoms with Gasteiger partial charge in [0.2, 0.25) is 5.91 Å². The van der Waals surface area contributed by atoms with Crippen molar-refractivity contribution in [1.29, 1.82) is 0 Å². The smallest absolute Gasteiger partial charge is 0.244 e. The van der Waals surface area contributed by atoms with Crippen LogP contribution in [-0.4, -0.2) is 29.5 Å². The summed E-state index contributed by atoms with van der Waals surface area (Å²) < 4.78 is 13.4. The fourth-order valence-electron chi connectivity index (χ4n) is 2.77. The van der Waals surface area contributed by atoms with Gasteiger partial charge in [-0.25, -0.2) is 9.38 Å². The van der Waals surface area contributed by atoms with E-state index in [4.69, 9.17) is 5.73 Å². The minimum absolute atomic E-state index is 0.0432. The normalized spacial score (nSPS) is 14.2. The highest BCUT2D eigenvalue weighted by Crippen LogP contribution is 2.28. The number of hydrogen-bond donors (Lipinski definition) is 1. The van der Waals surface area contributed by atoms with Gasteiger partial charge in [-0.3, -0.25) is 9.79 Å². The summed E-state index contributed by atoms with van der Waals surface area (Å²) in [5.74, 6) is 0.0716. The Kier molecular flexibility index (Phi) is 4.88. The number of hydrogen-bond acceptors (Lipinski definition) is 2. The van der Waals surface area contributed by atoms with Crippen LogP contribution in [0.4, 0.5) is 4.39 Å². The van der Waals surface area contributed by atoms with E-state index >= 15 is 0 Å². The summed E-state index contributed by atoms with van der Waals surface area (Å²) in [4.78, 5) is 21.8. The number of amides is 1. The molecule has 1 amide bonds. The minimum Gasteiger partial charge on any atom is -0.387 e. The quantitative estimate of drug-likeness (QED) is 0.688. The van der Waals surface area contributed by atoms with Crippen LogP contribution < -0.4 is 5.73 Å². The highest BCUT2D eigenvalue weighted by Gasteiger charge is 2.23. The summed E-state index contributed by atoms with van der Waals surface area (Å²) in [5.41, 5.74) is 9.35. The van der Waals surface area contributed by atoms with Gasteiger partial charge in [0.25, 0.3) is 0 Å². The second-order valence-electron chi connectivity index (χ2n) is 5.97. The van der Waals surface area contributed by atoms with E-state index in [0.717, 1.165) is 22.3 Å². The van der Waals surface area contributed by atoms with E-state index in [9.17, 15) is 9.18 Å². The monoisotopic (exact) mass is 338 g/mol. The number of carbonyl (C=O) groups excluding carboxylic acids is 1. The lowest BCUT2D eigenvalue weighted by molar-refractivity contribution is -0.130. The highest BCUT2D eigenvalue weighted by molar-refractivity contribution is 5.86. The zero-order valence-electron chi connectivity index (χ0n) is 13.9. The number of rotatable bonds is 4. The Morgan fingerprint density at radius 2 is 1.96 bits per heavy atom. The number of amidine groups is 1. The van der Waals surface area contributed by atoms with Crippen molar-refractivity contribution < 1.29 is 9.18 Å². The highest BCUT2D eigenvalue weighted by atomic mass is 19.1. The van der Waals surface area contributed by atoms with Crippen molar-refractivity contribution in [2.75, 3.05) is 6.54 Å². The lowest BCUT2D eigenvalue weighted by Crippen LogP contribution is -2.27. The average Bonchev–Trinajstić information content (AvgIpc) is 3.01. The molecule has 0 aliphatic carbocycles. The molecule has 1 aliphatic heterocycles.